The van der Waals surface area contributed by atoms with Crippen LogP contribution in [-0.2, 0) is 0 Å². The van der Waals surface area contributed by atoms with Gasteiger partial charge in [0, 0.05) is 18.3 Å². The Kier molecular flexibility index (Phi) is 4.66. The molecule has 100 valence electrons. The lowest BCUT2D eigenvalue weighted by atomic mass is 10.2. The van der Waals surface area contributed by atoms with Crippen LogP contribution in [0, 0.1) is 6.92 Å². The number of benzene rings is 1. The molecule has 5 heteroatoms. The predicted molar refractivity (Wildman–Crippen MR) is 82.7 cm³/mol. The zero-order valence-electron chi connectivity index (χ0n) is 11.2. The molecule has 1 heterocycles. The van der Waals surface area contributed by atoms with E-state index in [0.29, 0.717) is 10.3 Å². The van der Waals surface area contributed by atoms with Gasteiger partial charge in [-0.3, -0.25) is 0 Å². The Hall–Kier alpha value is -1.26. The monoisotopic (exact) mass is 293 g/mol. The summed E-state index contributed by atoms with van der Waals surface area (Å²) in [5.41, 5.74) is 2.34. The molecule has 0 aliphatic rings. The van der Waals surface area contributed by atoms with Crippen molar-refractivity contribution in [3.63, 3.8) is 0 Å². The van der Waals surface area contributed by atoms with E-state index in [0.717, 1.165) is 18.1 Å². The van der Waals surface area contributed by atoms with E-state index in [9.17, 15) is 0 Å². The highest BCUT2D eigenvalue weighted by molar-refractivity contribution is 7.98. The molecule has 0 N–H and O–H groups in total. The molecule has 0 amide bonds. The van der Waals surface area contributed by atoms with Crippen LogP contribution in [0.5, 0.6) is 0 Å². The van der Waals surface area contributed by atoms with E-state index in [1.54, 1.807) is 6.07 Å². The van der Waals surface area contributed by atoms with E-state index in [2.05, 4.69) is 46.9 Å². The fourth-order valence-corrected chi connectivity index (χ4v) is 2.49. The number of aryl methyl sites for hydroxylation is 1. The van der Waals surface area contributed by atoms with Gasteiger partial charge in [-0.05, 0) is 37.8 Å². The normalized spacial score (nSPS) is 10.5. The molecule has 1 aromatic heterocycles. The maximum Gasteiger partial charge on any atom is 0.190 e. The Morgan fingerprint density at radius 2 is 2.05 bits per heavy atom. The number of nitrogens with zero attached hydrogens (tertiary/aromatic N) is 3. The first-order valence-electron chi connectivity index (χ1n) is 6.07. The number of hydrogen-bond donors (Lipinski definition) is 0. The second kappa shape index (κ2) is 6.26. The molecule has 3 nitrogen and oxygen atoms in total. The van der Waals surface area contributed by atoms with E-state index in [1.165, 1.54) is 17.3 Å². The minimum Gasteiger partial charge on any atom is -0.326 e. The Morgan fingerprint density at radius 1 is 1.26 bits per heavy atom. The second-order valence-corrected chi connectivity index (χ2v) is 5.28. The Morgan fingerprint density at radius 3 is 2.68 bits per heavy atom. The van der Waals surface area contributed by atoms with Crippen molar-refractivity contribution in [1.82, 2.24) is 9.97 Å². The van der Waals surface area contributed by atoms with Gasteiger partial charge in [0.1, 0.15) is 11.0 Å². The molecular weight excluding hydrogens is 278 g/mol. The predicted octanol–water partition coefficient (Wildman–Crippen LogP) is 4.32. The number of aromatic nitrogens is 2. The highest BCUT2D eigenvalue weighted by Gasteiger charge is 2.11. The fourth-order valence-electron chi connectivity index (χ4n) is 1.89. The fraction of sp³-hybridized carbons (Fsp3) is 0.286. The molecule has 0 radical (unpaired) electrons. The molecule has 0 fully saturated rings. The molecule has 0 aliphatic heterocycles. The first-order chi connectivity index (χ1) is 9.13. The Bertz CT molecular complexity index is 574. The summed E-state index contributed by atoms with van der Waals surface area (Å²) in [6.07, 6.45) is 1.94. The summed E-state index contributed by atoms with van der Waals surface area (Å²) in [5.74, 6) is 0.831. The van der Waals surface area contributed by atoms with E-state index in [1.807, 2.05) is 12.3 Å². The van der Waals surface area contributed by atoms with Crippen LogP contribution < -0.4 is 4.90 Å². The lowest BCUT2D eigenvalue weighted by molar-refractivity contribution is 0.910. The van der Waals surface area contributed by atoms with Crippen molar-refractivity contribution in [2.24, 2.45) is 0 Å². The van der Waals surface area contributed by atoms with Gasteiger partial charge in [0.15, 0.2) is 5.16 Å². The maximum absolute atomic E-state index is 6.06. The number of rotatable bonds is 4. The minimum atomic E-state index is 0.473. The molecule has 2 aromatic rings. The molecule has 0 unspecified atom stereocenters. The highest BCUT2D eigenvalue weighted by atomic mass is 35.5. The quantitative estimate of drug-likeness (QED) is 0.477. The molecule has 0 saturated carbocycles. The van der Waals surface area contributed by atoms with Gasteiger partial charge in [-0.2, -0.15) is 0 Å². The Labute approximate surface area is 123 Å². The van der Waals surface area contributed by atoms with Crippen LogP contribution in [0.15, 0.2) is 35.5 Å². The standard InChI is InChI=1S/C14H16ClN3S/c1-4-18(11-7-5-6-10(2)8-11)13-9-12(15)16-14(17-13)19-3/h5-9H,4H2,1-3H3. The SMILES string of the molecule is CCN(c1cccc(C)c1)c1cc(Cl)nc(SC)n1. The van der Waals surface area contributed by atoms with Gasteiger partial charge >= 0.3 is 0 Å². The number of halogens is 1. The van der Waals surface area contributed by atoms with Crippen LogP contribution in [0.1, 0.15) is 12.5 Å². The van der Waals surface area contributed by atoms with E-state index in [4.69, 9.17) is 11.6 Å². The summed E-state index contributed by atoms with van der Waals surface area (Å²) >= 11 is 7.55. The van der Waals surface area contributed by atoms with Crippen molar-refractivity contribution >= 4 is 34.9 Å². The largest absolute Gasteiger partial charge is 0.326 e. The van der Waals surface area contributed by atoms with E-state index >= 15 is 0 Å². The third kappa shape index (κ3) is 3.39. The lowest BCUT2D eigenvalue weighted by Crippen LogP contribution is -2.18. The zero-order valence-corrected chi connectivity index (χ0v) is 12.8. The number of hydrogen-bond acceptors (Lipinski definition) is 4. The van der Waals surface area contributed by atoms with Crippen molar-refractivity contribution in [3.8, 4) is 0 Å². The van der Waals surface area contributed by atoms with Crippen LogP contribution in [0.2, 0.25) is 5.15 Å². The third-order valence-electron chi connectivity index (χ3n) is 2.75. The van der Waals surface area contributed by atoms with Gasteiger partial charge in [0.05, 0.1) is 0 Å². The van der Waals surface area contributed by atoms with Crippen LogP contribution >= 0.6 is 23.4 Å². The van der Waals surface area contributed by atoms with Crippen LogP contribution in [0.3, 0.4) is 0 Å². The molecule has 0 saturated heterocycles. The molecule has 19 heavy (non-hydrogen) atoms. The van der Waals surface area contributed by atoms with Gasteiger partial charge < -0.3 is 4.90 Å². The summed E-state index contributed by atoms with van der Waals surface area (Å²) < 4.78 is 0. The van der Waals surface area contributed by atoms with Crippen molar-refractivity contribution in [2.75, 3.05) is 17.7 Å². The van der Waals surface area contributed by atoms with Gasteiger partial charge in [-0.25, -0.2) is 9.97 Å². The zero-order chi connectivity index (χ0) is 13.8. The molecular formula is C14H16ClN3S. The first kappa shape index (κ1) is 14.2. The van der Waals surface area contributed by atoms with Crippen molar-refractivity contribution in [1.29, 1.82) is 0 Å². The third-order valence-corrected chi connectivity index (χ3v) is 3.49. The van der Waals surface area contributed by atoms with Gasteiger partial charge in [-0.15, -0.1) is 0 Å². The summed E-state index contributed by atoms with van der Waals surface area (Å²) in [4.78, 5) is 10.8. The van der Waals surface area contributed by atoms with Crippen molar-refractivity contribution in [3.05, 3.63) is 41.0 Å². The Balaban J connectivity index is 2.44. The van der Waals surface area contributed by atoms with Gasteiger partial charge in [0.25, 0.3) is 0 Å². The van der Waals surface area contributed by atoms with Gasteiger partial charge in [0.2, 0.25) is 0 Å². The summed E-state index contributed by atoms with van der Waals surface area (Å²) in [6.45, 7) is 5.00. The van der Waals surface area contributed by atoms with Crippen LogP contribution in [-0.4, -0.2) is 22.8 Å². The minimum absolute atomic E-state index is 0.473. The topological polar surface area (TPSA) is 29.0 Å². The van der Waals surface area contributed by atoms with E-state index < -0.39 is 0 Å². The molecule has 0 spiro atoms. The average molecular weight is 294 g/mol. The van der Waals surface area contributed by atoms with Crippen molar-refractivity contribution < 1.29 is 0 Å². The van der Waals surface area contributed by atoms with Crippen LogP contribution in [0.25, 0.3) is 0 Å². The van der Waals surface area contributed by atoms with Gasteiger partial charge in [-0.1, -0.05) is 35.5 Å². The smallest absolute Gasteiger partial charge is 0.190 e. The highest BCUT2D eigenvalue weighted by Crippen LogP contribution is 2.27. The molecule has 0 aliphatic carbocycles. The molecule has 0 atom stereocenters. The first-order valence-corrected chi connectivity index (χ1v) is 7.67. The second-order valence-electron chi connectivity index (χ2n) is 4.12. The lowest BCUT2D eigenvalue weighted by Gasteiger charge is -2.22. The van der Waals surface area contributed by atoms with Crippen LogP contribution in [0.4, 0.5) is 11.5 Å². The molecule has 2 rings (SSSR count). The summed E-state index contributed by atoms with van der Waals surface area (Å²) in [5, 5.41) is 1.16. The number of thioether (sulfide) groups is 1. The maximum atomic E-state index is 6.06. The summed E-state index contributed by atoms with van der Waals surface area (Å²) in [6, 6.07) is 10.1. The summed E-state index contributed by atoms with van der Waals surface area (Å²) in [7, 11) is 0. The number of anilines is 2. The molecule has 0 bridgehead atoms. The van der Waals surface area contributed by atoms with Crippen molar-refractivity contribution in [2.45, 2.75) is 19.0 Å². The molecule has 1 aromatic carbocycles. The van der Waals surface area contributed by atoms with E-state index in [-0.39, 0.29) is 0 Å². The average Bonchev–Trinajstić information content (AvgIpc) is 2.39.